The zero-order chi connectivity index (χ0) is 14.0. The number of hydrogen-bond acceptors (Lipinski definition) is 4. The van der Waals surface area contributed by atoms with E-state index in [-0.39, 0.29) is 18.1 Å². The van der Waals surface area contributed by atoms with E-state index in [9.17, 15) is 9.59 Å². The summed E-state index contributed by atoms with van der Waals surface area (Å²) in [5.41, 5.74) is 6.39. The summed E-state index contributed by atoms with van der Waals surface area (Å²) in [7, 11) is 0. The van der Waals surface area contributed by atoms with Crippen molar-refractivity contribution in [1.29, 1.82) is 0 Å². The molecule has 2 rings (SSSR count). The predicted octanol–water partition coefficient (Wildman–Crippen LogP) is 2.01. The summed E-state index contributed by atoms with van der Waals surface area (Å²) >= 11 is 0. The van der Waals surface area contributed by atoms with E-state index in [0.29, 0.717) is 11.3 Å². The highest BCUT2D eigenvalue weighted by atomic mass is 16.3. The van der Waals surface area contributed by atoms with E-state index in [4.69, 9.17) is 10.2 Å². The average Bonchev–Trinajstić information content (AvgIpc) is 2.78. The molecule has 0 bridgehead atoms. The number of fused-ring (bicyclic) bond motifs is 1. The minimum absolute atomic E-state index is 0.0134. The molecule has 0 aliphatic rings. The van der Waals surface area contributed by atoms with Crippen LogP contribution in [0.3, 0.4) is 0 Å². The second kappa shape index (κ2) is 5.22. The maximum Gasteiger partial charge on any atom is 0.226 e. The van der Waals surface area contributed by atoms with E-state index in [1.54, 1.807) is 26.1 Å². The van der Waals surface area contributed by atoms with Gasteiger partial charge in [0.15, 0.2) is 0 Å². The van der Waals surface area contributed by atoms with E-state index >= 15 is 0 Å². The van der Waals surface area contributed by atoms with Crippen molar-refractivity contribution in [2.24, 2.45) is 11.7 Å². The number of furan rings is 1. The number of aromatic nitrogens is 1. The maximum absolute atomic E-state index is 12.3. The topological polar surface area (TPSA) is 86.2 Å². The Morgan fingerprint density at radius 1 is 1.42 bits per heavy atom. The van der Waals surface area contributed by atoms with E-state index < -0.39 is 11.8 Å². The molecule has 0 fully saturated rings. The largest absolute Gasteiger partial charge is 0.446 e. The standard InChI is InChI=1S/C14H16N2O3/c1-8(2)13(18)10(6-12(15)17)11-7-19-14-9(11)4-3-5-16-14/h3-5,7-8,10H,6H2,1-2H3,(H2,15,17). The minimum Gasteiger partial charge on any atom is -0.446 e. The Kier molecular flexibility index (Phi) is 3.64. The molecule has 0 saturated heterocycles. The Morgan fingerprint density at radius 2 is 2.16 bits per heavy atom. The van der Waals surface area contributed by atoms with Crippen LogP contribution in [0.2, 0.25) is 0 Å². The quantitative estimate of drug-likeness (QED) is 0.890. The van der Waals surface area contributed by atoms with Crippen LogP contribution in [0, 0.1) is 5.92 Å². The summed E-state index contributed by atoms with van der Waals surface area (Å²) < 4.78 is 5.33. The van der Waals surface area contributed by atoms with Gasteiger partial charge in [-0.3, -0.25) is 9.59 Å². The van der Waals surface area contributed by atoms with Crippen LogP contribution in [0.1, 0.15) is 31.7 Å². The number of carbonyl (C=O) groups is 2. The van der Waals surface area contributed by atoms with Gasteiger partial charge in [-0.2, -0.15) is 0 Å². The smallest absolute Gasteiger partial charge is 0.226 e. The van der Waals surface area contributed by atoms with Gasteiger partial charge in [0.2, 0.25) is 11.6 Å². The first-order valence-electron chi connectivity index (χ1n) is 6.15. The molecule has 5 nitrogen and oxygen atoms in total. The van der Waals surface area contributed by atoms with Gasteiger partial charge >= 0.3 is 0 Å². The SMILES string of the molecule is CC(C)C(=O)C(CC(N)=O)c1coc2ncccc12. The van der Waals surface area contributed by atoms with Gasteiger partial charge in [0.1, 0.15) is 5.78 Å². The lowest BCUT2D eigenvalue weighted by molar-refractivity contribution is -0.127. The first-order valence-corrected chi connectivity index (χ1v) is 6.15. The first-order chi connectivity index (χ1) is 9.00. The summed E-state index contributed by atoms with van der Waals surface area (Å²) in [5, 5.41) is 0.753. The second-order valence-electron chi connectivity index (χ2n) is 4.83. The van der Waals surface area contributed by atoms with Gasteiger partial charge < -0.3 is 10.2 Å². The van der Waals surface area contributed by atoms with Crippen LogP contribution in [-0.4, -0.2) is 16.7 Å². The molecule has 0 aliphatic carbocycles. The van der Waals surface area contributed by atoms with Crippen molar-refractivity contribution in [3.8, 4) is 0 Å². The van der Waals surface area contributed by atoms with Crippen molar-refractivity contribution < 1.29 is 14.0 Å². The molecule has 2 aromatic heterocycles. The molecule has 2 N–H and O–H groups in total. The maximum atomic E-state index is 12.3. The fourth-order valence-corrected chi connectivity index (χ4v) is 2.12. The van der Waals surface area contributed by atoms with E-state index in [0.717, 1.165) is 5.39 Å². The van der Waals surface area contributed by atoms with Gasteiger partial charge in [-0.25, -0.2) is 4.98 Å². The number of primary amides is 1. The number of nitrogens with zero attached hydrogens (tertiary/aromatic N) is 1. The molecule has 5 heteroatoms. The summed E-state index contributed by atoms with van der Waals surface area (Å²) in [4.78, 5) is 27.5. The highest BCUT2D eigenvalue weighted by molar-refractivity contribution is 5.95. The van der Waals surface area contributed by atoms with Gasteiger partial charge in [0, 0.05) is 29.5 Å². The van der Waals surface area contributed by atoms with Crippen molar-refractivity contribution >= 4 is 22.8 Å². The third-order valence-corrected chi connectivity index (χ3v) is 3.07. The van der Waals surface area contributed by atoms with Crippen LogP contribution >= 0.6 is 0 Å². The van der Waals surface area contributed by atoms with Crippen molar-refractivity contribution in [3.63, 3.8) is 0 Å². The lowest BCUT2D eigenvalue weighted by Crippen LogP contribution is -2.24. The van der Waals surface area contributed by atoms with Crippen molar-refractivity contribution in [2.75, 3.05) is 0 Å². The predicted molar refractivity (Wildman–Crippen MR) is 70.4 cm³/mol. The van der Waals surface area contributed by atoms with Gasteiger partial charge in [-0.05, 0) is 12.1 Å². The summed E-state index contributed by atoms with van der Waals surface area (Å²) in [6, 6.07) is 3.59. The molecule has 0 aromatic carbocycles. The summed E-state index contributed by atoms with van der Waals surface area (Å²) in [5.74, 6) is -1.27. The highest BCUT2D eigenvalue weighted by Crippen LogP contribution is 2.31. The average molecular weight is 260 g/mol. The first kappa shape index (κ1) is 13.3. The number of pyridine rings is 1. The molecule has 2 aromatic rings. The number of amides is 1. The molecule has 1 unspecified atom stereocenters. The Balaban J connectivity index is 2.48. The Morgan fingerprint density at radius 3 is 2.79 bits per heavy atom. The molecule has 100 valence electrons. The van der Waals surface area contributed by atoms with Gasteiger partial charge in [0.25, 0.3) is 0 Å². The molecule has 1 amide bonds. The molecular formula is C14H16N2O3. The van der Waals surface area contributed by atoms with Crippen molar-refractivity contribution in [2.45, 2.75) is 26.2 Å². The molecule has 2 heterocycles. The van der Waals surface area contributed by atoms with Crippen molar-refractivity contribution in [3.05, 3.63) is 30.2 Å². The Hall–Kier alpha value is -2.17. The Bertz CT molecular complexity index is 616. The summed E-state index contributed by atoms with van der Waals surface area (Å²) in [6.07, 6.45) is 3.09. The molecule has 19 heavy (non-hydrogen) atoms. The lowest BCUT2D eigenvalue weighted by atomic mass is 9.86. The van der Waals surface area contributed by atoms with Crippen LogP contribution < -0.4 is 5.73 Å². The number of hydrogen-bond donors (Lipinski definition) is 1. The van der Waals surface area contributed by atoms with Crippen LogP contribution in [0.25, 0.3) is 11.1 Å². The number of nitrogens with two attached hydrogens (primary N) is 1. The zero-order valence-corrected chi connectivity index (χ0v) is 10.9. The summed E-state index contributed by atoms with van der Waals surface area (Å²) in [6.45, 7) is 3.60. The fourth-order valence-electron chi connectivity index (χ4n) is 2.12. The third kappa shape index (κ3) is 2.65. The van der Waals surface area contributed by atoms with Gasteiger partial charge in [-0.15, -0.1) is 0 Å². The highest BCUT2D eigenvalue weighted by Gasteiger charge is 2.28. The van der Waals surface area contributed by atoms with Gasteiger partial charge in [-0.1, -0.05) is 13.8 Å². The lowest BCUT2D eigenvalue weighted by Gasteiger charge is -2.15. The third-order valence-electron chi connectivity index (χ3n) is 3.07. The Labute approximate surface area is 110 Å². The van der Waals surface area contributed by atoms with E-state index in [1.807, 2.05) is 6.07 Å². The number of Topliss-reactive ketones (excluding diaryl/α,β-unsaturated/α-hetero) is 1. The monoisotopic (exact) mass is 260 g/mol. The second-order valence-corrected chi connectivity index (χ2v) is 4.83. The van der Waals surface area contributed by atoms with Crippen LogP contribution in [0.5, 0.6) is 0 Å². The normalized spacial score (nSPS) is 12.8. The van der Waals surface area contributed by atoms with E-state index in [2.05, 4.69) is 4.98 Å². The molecule has 0 aliphatic heterocycles. The van der Waals surface area contributed by atoms with E-state index in [1.165, 1.54) is 6.26 Å². The molecule has 0 radical (unpaired) electrons. The molecular weight excluding hydrogens is 244 g/mol. The molecule has 0 saturated carbocycles. The minimum atomic E-state index is -0.567. The molecule has 1 atom stereocenters. The number of ketones is 1. The fraction of sp³-hybridized carbons (Fsp3) is 0.357. The van der Waals surface area contributed by atoms with Crippen LogP contribution in [-0.2, 0) is 9.59 Å². The van der Waals surface area contributed by atoms with Gasteiger partial charge in [0.05, 0.1) is 12.2 Å². The van der Waals surface area contributed by atoms with Crippen molar-refractivity contribution in [1.82, 2.24) is 4.98 Å². The number of carbonyl (C=O) groups excluding carboxylic acids is 2. The number of rotatable bonds is 5. The zero-order valence-electron chi connectivity index (χ0n) is 10.9. The van der Waals surface area contributed by atoms with Crippen LogP contribution in [0.15, 0.2) is 29.0 Å². The van der Waals surface area contributed by atoms with Crippen LogP contribution in [0.4, 0.5) is 0 Å². The molecule has 0 spiro atoms.